The highest BCUT2D eigenvalue weighted by molar-refractivity contribution is 5.87. The summed E-state index contributed by atoms with van der Waals surface area (Å²) in [5, 5.41) is 14.3. The maximum Gasteiger partial charge on any atom is 0.138 e. The molecule has 0 saturated heterocycles. The summed E-state index contributed by atoms with van der Waals surface area (Å²) in [4.78, 5) is 8.28. The summed E-state index contributed by atoms with van der Waals surface area (Å²) in [6, 6.07) is 9.57. The molecule has 5 nitrogen and oxygen atoms in total. The van der Waals surface area contributed by atoms with E-state index in [1.807, 2.05) is 30.3 Å². The SMILES string of the molecule is OCc1cc(-n2cncn2)c2ccccc2n1. The van der Waals surface area contributed by atoms with Crippen molar-refractivity contribution in [1.29, 1.82) is 0 Å². The quantitative estimate of drug-likeness (QED) is 0.715. The Morgan fingerprint density at radius 2 is 2.12 bits per heavy atom. The maximum atomic E-state index is 9.21. The summed E-state index contributed by atoms with van der Waals surface area (Å²) in [6.45, 7) is -0.0907. The summed E-state index contributed by atoms with van der Waals surface area (Å²) in [6.07, 6.45) is 3.11. The Hall–Kier alpha value is -2.27. The van der Waals surface area contributed by atoms with Gasteiger partial charge >= 0.3 is 0 Å². The van der Waals surface area contributed by atoms with E-state index in [2.05, 4.69) is 15.1 Å². The third-order valence-electron chi connectivity index (χ3n) is 2.57. The van der Waals surface area contributed by atoms with Crippen LogP contribution in [0.3, 0.4) is 0 Å². The lowest BCUT2D eigenvalue weighted by Crippen LogP contribution is -2.00. The van der Waals surface area contributed by atoms with Crippen molar-refractivity contribution in [3.63, 3.8) is 0 Å². The molecule has 0 fully saturated rings. The maximum absolute atomic E-state index is 9.21. The van der Waals surface area contributed by atoms with Crippen LogP contribution >= 0.6 is 0 Å². The lowest BCUT2D eigenvalue weighted by atomic mass is 10.1. The Bertz CT molecular complexity index is 649. The van der Waals surface area contributed by atoms with Crippen LogP contribution in [0.15, 0.2) is 43.0 Å². The van der Waals surface area contributed by atoms with Gasteiger partial charge in [-0.2, -0.15) is 5.10 Å². The van der Waals surface area contributed by atoms with E-state index in [0.717, 1.165) is 16.6 Å². The number of fused-ring (bicyclic) bond motifs is 1. The largest absolute Gasteiger partial charge is 0.390 e. The molecule has 0 aliphatic carbocycles. The molecule has 5 heteroatoms. The van der Waals surface area contributed by atoms with Gasteiger partial charge in [-0.05, 0) is 12.1 Å². The average Bonchev–Trinajstić information content (AvgIpc) is 2.91. The van der Waals surface area contributed by atoms with Crippen LogP contribution < -0.4 is 0 Å². The molecule has 1 N–H and O–H groups in total. The first kappa shape index (κ1) is 9.92. The minimum absolute atomic E-state index is 0.0907. The van der Waals surface area contributed by atoms with E-state index in [0.29, 0.717) is 5.69 Å². The summed E-state index contributed by atoms with van der Waals surface area (Å²) >= 11 is 0. The number of pyridine rings is 1. The molecule has 17 heavy (non-hydrogen) atoms. The minimum Gasteiger partial charge on any atom is -0.390 e. The van der Waals surface area contributed by atoms with E-state index in [4.69, 9.17) is 0 Å². The minimum atomic E-state index is -0.0907. The zero-order valence-electron chi connectivity index (χ0n) is 8.98. The summed E-state index contributed by atoms with van der Waals surface area (Å²) in [7, 11) is 0. The standard InChI is InChI=1S/C12H10N4O/c17-6-9-5-12(16-8-13-7-14-16)10-3-1-2-4-11(10)15-9/h1-5,7-8,17H,6H2. The van der Waals surface area contributed by atoms with Crippen molar-refractivity contribution in [1.82, 2.24) is 19.7 Å². The van der Waals surface area contributed by atoms with Crippen LogP contribution in [-0.4, -0.2) is 24.9 Å². The molecule has 0 unspecified atom stereocenters. The average molecular weight is 226 g/mol. The summed E-state index contributed by atoms with van der Waals surface area (Å²) < 4.78 is 1.67. The van der Waals surface area contributed by atoms with E-state index in [1.54, 1.807) is 11.0 Å². The fourth-order valence-corrected chi connectivity index (χ4v) is 1.81. The lowest BCUT2D eigenvalue weighted by Gasteiger charge is -2.07. The van der Waals surface area contributed by atoms with Crippen LogP contribution in [0.4, 0.5) is 0 Å². The molecule has 0 atom stereocenters. The Kier molecular flexibility index (Phi) is 2.31. The second kappa shape index (κ2) is 3.95. The molecule has 0 bridgehead atoms. The third kappa shape index (κ3) is 1.66. The molecule has 0 saturated carbocycles. The number of aliphatic hydroxyl groups is 1. The first-order valence-electron chi connectivity index (χ1n) is 5.23. The first-order chi connectivity index (χ1) is 8.38. The molecule has 3 aromatic rings. The lowest BCUT2D eigenvalue weighted by molar-refractivity contribution is 0.277. The van der Waals surface area contributed by atoms with Gasteiger partial charge in [0, 0.05) is 5.39 Å². The second-order valence-electron chi connectivity index (χ2n) is 3.65. The predicted octanol–water partition coefficient (Wildman–Crippen LogP) is 1.31. The number of aromatic nitrogens is 4. The predicted molar refractivity (Wildman–Crippen MR) is 62.6 cm³/mol. The van der Waals surface area contributed by atoms with E-state index in [-0.39, 0.29) is 6.61 Å². The highest BCUT2D eigenvalue weighted by Crippen LogP contribution is 2.21. The Morgan fingerprint density at radius 3 is 2.88 bits per heavy atom. The normalized spacial score (nSPS) is 10.9. The number of nitrogens with zero attached hydrogens (tertiary/aromatic N) is 4. The van der Waals surface area contributed by atoms with Crippen LogP contribution in [0, 0.1) is 0 Å². The molecule has 84 valence electrons. The monoisotopic (exact) mass is 226 g/mol. The molecule has 1 aromatic carbocycles. The molecular formula is C12H10N4O. The third-order valence-corrected chi connectivity index (χ3v) is 2.57. The fourth-order valence-electron chi connectivity index (χ4n) is 1.81. The van der Waals surface area contributed by atoms with Crippen molar-refractivity contribution in [2.45, 2.75) is 6.61 Å². The van der Waals surface area contributed by atoms with Crippen molar-refractivity contribution < 1.29 is 5.11 Å². The molecule has 2 aromatic heterocycles. The first-order valence-corrected chi connectivity index (χ1v) is 5.23. The van der Waals surface area contributed by atoms with Gasteiger partial charge in [0.2, 0.25) is 0 Å². The van der Waals surface area contributed by atoms with Crippen molar-refractivity contribution >= 4 is 10.9 Å². The van der Waals surface area contributed by atoms with Gasteiger partial charge < -0.3 is 5.11 Å². The van der Waals surface area contributed by atoms with Crippen LogP contribution in [-0.2, 0) is 6.61 Å². The van der Waals surface area contributed by atoms with Crippen LogP contribution in [0.5, 0.6) is 0 Å². The number of benzene rings is 1. The molecular weight excluding hydrogens is 216 g/mol. The van der Waals surface area contributed by atoms with Gasteiger partial charge in [0.05, 0.1) is 23.5 Å². The van der Waals surface area contributed by atoms with Crippen molar-refractivity contribution in [3.8, 4) is 5.69 Å². The van der Waals surface area contributed by atoms with E-state index in [9.17, 15) is 5.11 Å². The highest BCUT2D eigenvalue weighted by atomic mass is 16.3. The number of rotatable bonds is 2. The molecule has 3 rings (SSSR count). The highest BCUT2D eigenvalue weighted by Gasteiger charge is 2.07. The second-order valence-corrected chi connectivity index (χ2v) is 3.65. The van der Waals surface area contributed by atoms with E-state index >= 15 is 0 Å². The van der Waals surface area contributed by atoms with Gasteiger partial charge in [-0.1, -0.05) is 18.2 Å². The fraction of sp³-hybridized carbons (Fsp3) is 0.0833. The van der Waals surface area contributed by atoms with Gasteiger partial charge in [-0.3, -0.25) is 4.98 Å². The van der Waals surface area contributed by atoms with Crippen LogP contribution in [0.25, 0.3) is 16.6 Å². The van der Waals surface area contributed by atoms with Crippen molar-refractivity contribution in [2.75, 3.05) is 0 Å². The molecule has 2 heterocycles. The van der Waals surface area contributed by atoms with Gasteiger partial charge in [0.15, 0.2) is 0 Å². The zero-order chi connectivity index (χ0) is 11.7. The Balaban J connectivity index is 2.35. The summed E-state index contributed by atoms with van der Waals surface area (Å²) in [5.41, 5.74) is 2.33. The smallest absolute Gasteiger partial charge is 0.138 e. The van der Waals surface area contributed by atoms with Gasteiger partial charge in [-0.15, -0.1) is 0 Å². The number of para-hydroxylation sites is 1. The van der Waals surface area contributed by atoms with E-state index < -0.39 is 0 Å². The van der Waals surface area contributed by atoms with Crippen LogP contribution in [0.2, 0.25) is 0 Å². The molecule has 0 amide bonds. The number of aliphatic hydroxyl groups excluding tert-OH is 1. The molecule has 0 spiro atoms. The van der Waals surface area contributed by atoms with Crippen LogP contribution in [0.1, 0.15) is 5.69 Å². The molecule has 0 radical (unpaired) electrons. The van der Waals surface area contributed by atoms with E-state index in [1.165, 1.54) is 6.33 Å². The van der Waals surface area contributed by atoms with Gasteiger partial charge in [0.1, 0.15) is 12.7 Å². The Labute approximate surface area is 97.4 Å². The van der Waals surface area contributed by atoms with Crippen molar-refractivity contribution in [2.24, 2.45) is 0 Å². The zero-order valence-corrected chi connectivity index (χ0v) is 8.98. The summed E-state index contributed by atoms with van der Waals surface area (Å²) in [5.74, 6) is 0. The van der Waals surface area contributed by atoms with Crippen molar-refractivity contribution in [3.05, 3.63) is 48.7 Å². The van der Waals surface area contributed by atoms with Gasteiger partial charge in [-0.25, -0.2) is 9.67 Å². The van der Waals surface area contributed by atoms with Gasteiger partial charge in [0.25, 0.3) is 0 Å². The topological polar surface area (TPSA) is 63.8 Å². The number of hydrogen-bond donors (Lipinski definition) is 1. The number of hydrogen-bond acceptors (Lipinski definition) is 4. The molecule has 0 aliphatic heterocycles. The Morgan fingerprint density at radius 1 is 1.24 bits per heavy atom. The molecule has 0 aliphatic rings.